The van der Waals surface area contributed by atoms with Gasteiger partial charge in [0.15, 0.2) is 0 Å². The molecule has 1 aliphatic rings. The summed E-state index contributed by atoms with van der Waals surface area (Å²) in [5, 5.41) is 3.13. The van der Waals surface area contributed by atoms with Crippen LogP contribution >= 0.6 is 0 Å². The highest BCUT2D eigenvalue weighted by Crippen LogP contribution is 2.22. The number of benzene rings is 2. The van der Waals surface area contributed by atoms with Crippen LogP contribution in [0.4, 0.5) is 5.69 Å². The van der Waals surface area contributed by atoms with Crippen molar-refractivity contribution in [2.24, 2.45) is 0 Å². The molecule has 0 unspecified atom stereocenters. The third-order valence-corrected chi connectivity index (χ3v) is 4.14. The minimum atomic E-state index is -0.517. The fraction of sp³-hybridized carbons (Fsp3) is 0.263. The summed E-state index contributed by atoms with van der Waals surface area (Å²) in [4.78, 5) is 26.1. The molecule has 24 heavy (non-hydrogen) atoms. The predicted molar refractivity (Wildman–Crippen MR) is 91.8 cm³/mol. The van der Waals surface area contributed by atoms with Crippen LogP contribution in [0, 0.1) is 6.92 Å². The summed E-state index contributed by atoms with van der Waals surface area (Å²) in [5.41, 5.74) is 2.89. The highest BCUT2D eigenvalue weighted by Gasteiger charge is 2.38. The van der Waals surface area contributed by atoms with Crippen molar-refractivity contribution in [2.75, 3.05) is 12.4 Å². The standard InChI is InChI=1S/C19H20N2O3/c1-13-3-5-14(6-4-13)12-21-18(22)11-17(19(21)23)20-15-7-9-16(24-2)10-8-15/h3-10,17,20H,11-12H2,1-2H3/t17-/m1/s1. The lowest BCUT2D eigenvalue weighted by molar-refractivity contribution is -0.139. The van der Waals surface area contributed by atoms with E-state index in [0.717, 1.165) is 22.6 Å². The molecule has 2 aromatic carbocycles. The van der Waals surface area contributed by atoms with Gasteiger partial charge in [-0.1, -0.05) is 29.8 Å². The normalized spacial score (nSPS) is 17.2. The van der Waals surface area contributed by atoms with E-state index in [-0.39, 0.29) is 18.2 Å². The number of carbonyl (C=O) groups excluding carboxylic acids is 2. The quantitative estimate of drug-likeness (QED) is 0.859. The number of ether oxygens (including phenoxy) is 1. The Morgan fingerprint density at radius 2 is 1.75 bits per heavy atom. The second-order valence-corrected chi connectivity index (χ2v) is 5.93. The summed E-state index contributed by atoms with van der Waals surface area (Å²) in [6.07, 6.45) is 0.177. The van der Waals surface area contributed by atoms with Gasteiger partial charge < -0.3 is 10.1 Å². The van der Waals surface area contributed by atoms with Gasteiger partial charge in [-0.15, -0.1) is 0 Å². The molecule has 0 saturated carbocycles. The highest BCUT2D eigenvalue weighted by molar-refractivity contribution is 6.06. The third kappa shape index (κ3) is 3.40. The summed E-state index contributed by atoms with van der Waals surface area (Å²) in [7, 11) is 1.60. The lowest BCUT2D eigenvalue weighted by Crippen LogP contribution is -2.34. The first kappa shape index (κ1) is 16.1. The van der Waals surface area contributed by atoms with E-state index in [1.165, 1.54) is 4.90 Å². The fourth-order valence-electron chi connectivity index (χ4n) is 2.73. The number of aryl methyl sites for hydroxylation is 1. The third-order valence-electron chi connectivity index (χ3n) is 4.14. The first-order valence-corrected chi connectivity index (χ1v) is 7.87. The van der Waals surface area contributed by atoms with Crippen molar-refractivity contribution < 1.29 is 14.3 Å². The number of rotatable bonds is 5. The minimum Gasteiger partial charge on any atom is -0.497 e. The van der Waals surface area contributed by atoms with Crippen LogP contribution in [0.25, 0.3) is 0 Å². The molecule has 1 saturated heterocycles. The average molecular weight is 324 g/mol. The molecule has 5 nitrogen and oxygen atoms in total. The molecule has 2 aromatic rings. The number of nitrogens with one attached hydrogen (secondary N) is 1. The molecule has 0 spiro atoms. The van der Waals surface area contributed by atoms with Gasteiger partial charge >= 0.3 is 0 Å². The maximum atomic E-state index is 12.5. The number of likely N-dealkylation sites (tertiary alicyclic amines) is 1. The van der Waals surface area contributed by atoms with Crippen LogP contribution in [0.15, 0.2) is 48.5 Å². The van der Waals surface area contributed by atoms with E-state index in [4.69, 9.17) is 4.74 Å². The Labute approximate surface area is 141 Å². The summed E-state index contributed by atoms with van der Waals surface area (Å²) >= 11 is 0. The Balaban J connectivity index is 1.67. The molecule has 0 aromatic heterocycles. The van der Waals surface area contributed by atoms with E-state index in [9.17, 15) is 9.59 Å². The number of nitrogens with zero attached hydrogens (tertiary/aromatic N) is 1. The molecule has 1 atom stereocenters. The molecule has 1 heterocycles. The van der Waals surface area contributed by atoms with Crippen molar-refractivity contribution >= 4 is 17.5 Å². The van der Waals surface area contributed by atoms with Gasteiger partial charge in [-0.25, -0.2) is 0 Å². The fourth-order valence-corrected chi connectivity index (χ4v) is 2.73. The van der Waals surface area contributed by atoms with Crippen molar-refractivity contribution in [3.05, 3.63) is 59.7 Å². The summed E-state index contributed by atoms with van der Waals surface area (Å²) in [6, 6.07) is 14.6. The van der Waals surface area contributed by atoms with Gasteiger partial charge in [-0.05, 0) is 36.8 Å². The molecular formula is C19H20N2O3. The summed E-state index contributed by atoms with van der Waals surface area (Å²) in [5.74, 6) is 0.415. The number of anilines is 1. The van der Waals surface area contributed by atoms with Crippen molar-refractivity contribution in [1.82, 2.24) is 4.90 Å². The summed E-state index contributed by atoms with van der Waals surface area (Å²) < 4.78 is 5.11. The van der Waals surface area contributed by atoms with E-state index in [1.54, 1.807) is 7.11 Å². The van der Waals surface area contributed by atoms with Crippen LogP contribution in [-0.2, 0) is 16.1 Å². The molecule has 1 aliphatic heterocycles. The zero-order chi connectivity index (χ0) is 17.1. The average Bonchev–Trinajstić information content (AvgIpc) is 2.85. The van der Waals surface area contributed by atoms with Gasteiger partial charge in [0.25, 0.3) is 5.91 Å². The number of hydrogen-bond acceptors (Lipinski definition) is 4. The van der Waals surface area contributed by atoms with Gasteiger partial charge in [0.05, 0.1) is 20.1 Å². The lowest BCUT2D eigenvalue weighted by atomic mass is 10.1. The lowest BCUT2D eigenvalue weighted by Gasteiger charge is -2.16. The molecule has 0 aliphatic carbocycles. The van der Waals surface area contributed by atoms with E-state index in [0.29, 0.717) is 6.54 Å². The van der Waals surface area contributed by atoms with E-state index >= 15 is 0 Å². The van der Waals surface area contributed by atoms with Crippen LogP contribution in [0.5, 0.6) is 5.75 Å². The second kappa shape index (κ2) is 6.74. The van der Waals surface area contributed by atoms with Crippen LogP contribution < -0.4 is 10.1 Å². The molecule has 0 bridgehead atoms. The zero-order valence-electron chi connectivity index (χ0n) is 13.8. The Bertz CT molecular complexity index is 738. The van der Waals surface area contributed by atoms with E-state index < -0.39 is 6.04 Å². The van der Waals surface area contributed by atoms with Gasteiger partial charge in [0, 0.05) is 5.69 Å². The second-order valence-electron chi connectivity index (χ2n) is 5.93. The van der Waals surface area contributed by atoms with Crippen LogP contribution in [0.1, 0.15) is 17.5 Å². The number of carbonyl (C=O) groups is 2. The first-order chi connectivity index (χ1) is 11.6. The Morgan fingerprint density at radius 3 is 2.38 bits per heavy atom. The Hall–Kier alpha value is -2.82. The predicted octanol–water partition coefficient (Wildman–Crippen LogP) is 2.74. The van der Waals surface area contributed by atoms with Crippen molar-refractivity contribution in [2.45, 2.75) is 25.9 Å². The molecule has 124 valence electrons. The number of imide groups is 1. The number of hydrogen-bond donors (Lipinski definition) is 1. The molecule has 1 fully saturated rings. The van der Waals surface area contributed by atoms with Crippen LogP contribution in [-0.4, -0.2) is 29.9 Å². The Morgan fingerprint density at radius 1 is 1.08 bits per heavy atom. The monoisotopic (exact) mass is 324 g/mol. The largest absolute Gasteiger partial charge is 0.497 e. The van der Waals surface area contributed by atoms with Gasteiger partial charge in [-0.2, -0.15) is 0 Å². The maximum Gasteiger partial charge on any atom is 0.252 e. The zero-order valence-corrected chi connectivity index (χ0v) is 13.8. The highest BCUT2D eigenvalue weighted by atomic mass is 16.5. The van der Waals surface area contributed by atoms with Gasteiger partial charge in [0.2, 0.25) is 5.91 Å². The molecule has 2 amide bonds. The van der Waals surface area contributed by atoms with Crippen LogP contribution in [0.3, 0.4) is 0 Å². The smallest absolute Gasteiger partial charge is 0.252 e. The molecule has 5 heteroatoms. The SMILES string of the molecule is COc1ccc(N[C@@H]2CC(=O)N(Cc3ccc(C)cc3)C2=O)cc1. The number of amides is 2. The minimum absolute atomic E-state index is 0.147. The summed E-state index contributed by atoms with van der Waals surface area (Å²) in [6.45, 7) is 2.32. The molecule has 0 radical (unpaired) electrons. The topological polar surface area (TPSA) is 58.6 Å². The van der Waals surface area contributed by atoms with Crippen molar-refractivity contribution in [3.63, 3.8) is 0 Å². The molecular weight excluding hydrogens is 304 g/mol. The Kier molecular flexibility index (Phi) is 4.51. The van der Waals surface area contributed by atoms with Crippen LogP contribution in [0.2, 0.25) is 0 Å². The van der Waals surface area contributed by atoms with Crippen molar-refractivity contribution in [3.8, 4) is 5.75 Å². The number of methoxy groups -OCH3 is 1. The van der Waals surface area contributed by atoms with Gasteiger partial charge in [0.1, 0.15) is 11.8 Å². The van der Waals surface area contributed by atoms with Crippen molar-refractivity contribution in [1.29, 1.82) is 0 Å². The van der Waals surface area contributed by atoms with Gasteiger partial charge in [-0.3, -0.25) is 14.5 Å². The first-order valence-electron chi connectivity index (χ1n) is 7.87. The molecule has 1 N–H and O–H groups in total. The van der Waals surface area contributed by atoms with E-state index in [2.05, 4.69) is 5.32 Å². The maximum absolute atomic E-state index is 12.5. The van der Waals surface area contributed by atoms with E-state index in [1.807, 2.05) is 55.5 Å². The molecule has 3 rings (SSSR count).